The quantitative estimate of drug-likeness (QED) is 0.795. The third-order valence-corrected chi connectivity index (χ3v) is 2.92. The summed E-state index contributed by atoms with van der Waals surface area (Å²) in [5, 5.41) is 12.1. The first-order valence-corrected chi connectivity index (χ1v) is 5.15. The summed E-state index contributed by atoms with van der Waals surface area (Å²) in [7, 11) is 0. The second kappa shape index (κ2) is 3.57. The van der Waals surface area contributed by atoms with Crippen molar-refractivity contribution in [2.24, 2.45) is 5.92 Å². The van der Waals surface area contributed by atoms with Gasteiger partial charge in [-0.1, -0.05) is 18.2 Å². The lowest BCUT2D eigenvalue weighted by Crippen LogP contribution is -2.11. The number of nitrogens with one attached hydrogen (secondary N) is 1. The van der Waals surface area contributed by atoms with Gasteiger partial charge in [0.05, 0.1) is 5.92 Å². The highest BCUT2D eigenvalue weighted by Crippen LogP contribution is 2.35. The fourth-order valence-corrected chi connectivity index (χ4v) is 1.85. The van der Waals surface area contributed by atoms with Gasteiger partial charge in [0.15, 0.2) is 0 Å². The molecule has 3 nitrogen and oxygen atoms in total. The van der Waals surface area contributed by atoms with Crippen molar-refractivity contribution < 1.29 is 9.90 Å². The van der Waals surface area contributed by atoms with Crippen LogP contribution in [-0.2, 0) is 4.79 Å². The smallest absolute Gasteiger partial charge is 0.308 e. The molecule has 1 fully saturated rings. The molecule has 1 aliphatic rings. The van der Waals surface area contributed by atoms with Gasteiger partial charge in [-0.3, -0.25) is 4.79 Å². The molecule has 2 N–H and O–H groups in total. The summed E-state index contributed by atoms with van der Waals surface area (Å²) < 4.78 is 0. The zero-order chi connectivity index (χ0) is 11.0. The van der Waals surface area contributed by atoms with E-state index in [1.54, 1.807) is 0 Å². The number of hydrogen-bond donors (Lipinski definition) is 2. The van der Waals surface area contributed by atoms with Crippen molar-refractivity contribution in [2.45, 2.75) is 26.3 Å². The second-order valence-electron chi connectivity index (χ2n) is 4.20. The number of hydrogen-bond acceptors (Lipinski definition) is 2. The van der Waals surface area contributed by atoms with Gasteiger partial charge < -0.3 is 10.4 Å². The number of aliphatic carboxylic acids is 1. The van der Waals surface area contributed by atoms with Crippen LogP contribution in [0.1, 0.15) is 17.5 Å². The molecule has 3 heteroatoms. The lowest BCUT2D eigenvalue weighted by molar-refractivity contribution is -0.138. The molecule has 0 bridgehead atoms. The first-order valence-electron chi connectivity index (χ1n) is 5.15. The van der Waals surface area contributed by atoms with Crippen LogP contribution in [-0.4, -0.2) is 17.1 Å². The summed E-state index contributed by atoms with van der Waals surface area (Å²) in [6, 6.07) is 6.19. The molecule has 2 atom stereocenters. The van der Waals surface area contributed by atoms with Gasteiger partial charge in [0.1, 0.15) is 0 Å². The van der Waals surface area contributed by atoms with Crippen LogP contribution in [0, 0.1) is 19.8 Å². The van der Waals surface area contributed by atoms with Crippen LogP contribution in [0.4, 0.5) is 5.69 Å². The van der Waals surface area contributed by atoms with Crippen LogP contribution in [0.5, 0.6) is 0 Å². The van der Waals surface area contributed by atoms with E-state index >= 15 is 0 Å². The van der Waals surface area contributed by atoms with Gasteiger partial charge in [0, 0.05) is 11.7 Å². The van der Waals surface area contributed by atoms with Crippen molar-refractivity contribution in [3.05, 3.63) is 29.3 Å². The van der Waals surface area contributed by atoms with E-state index in [-0.39, 0.29) is 12.0 Å². The number of rotatable bonds is 3. The summed E-state index contributed by atoms with van der Waals surface area (Å²) in [5.41, 5.74) is 3.43. The van der Waals surface area contributed by atoms with Crippen molar-refractivity contribution in [1.82, 2.24) is 0 Å². The highest BCUT2D eigenvalue weighted by atomic mass is 16.4. The molecule has 0 heterocycles. The first-order chi connectivity index (χ1) is 7.09. The molecule has 0 spiro atoms. The summed E-state index contributed by atoms with van der Waals surface area (Å²) in [5.74, 6) is -0.900. The maximum Gasteiger partial charge on any atom is 0.308 e. The van der Waals surface area contributed by atoms with Gasteiger partial charge in [-0.05, 0) is 31.4 Å². The van der Waals surface area contributed by atoms with Gasteiger partial charge in [0.25, 0.3) is 0 Å². The lowest BCUT2D eigenvalue weighted by atomic mass is 10.1. The Morgan fingerprint density at radius 2 is 2.00 bits per heavy atom. The maximum atomic E-state index is 10.7. The molecular formula is C12H15NO2. The highest BCUT2D eigenvalue weighted by molar-refractivity contribution is 5.76. The predicted molar refractivity (Wildman–Crippen MR) is 59.1 cm³/mol. The van der Waals surface area contributed by atoms with Gasteiger partial charge in [-0.15, -0.1) is 0 Å². The Morgan fingerprint density at radius 3 is 2.47 bits per heavy atom. The number of aryl methyl sites for hydroxylation is 2. The molecule has 80 valence electrons. The number of carboxylic acids is 1. The Kier molecular flexibility index (Phi) is 2.39. The Hall–Kier alpha value is -1.51. The largest absolute Gasteiger partial charge is 0.481 e. The third kappa shape index (κ3) is 1.96. The highest BCUT2D eigenvalue weighted by Gasteiger charge is 2.43. The van der Waals surface area contributed by atoms with Gasteiger partial charge >= 0.3 is 5.97 Å². The van der Waals surface area contributed by atoms with Crippen molar-refractivity contribution in [3.63, 3.8) is 0 Å². The van der Waals surface area contributed by atoms with Crippen LogP contribution < -0.4 is 5.32 Å². The standard InChI is InChI=1S/C12H15NO2/c1-7-4-3-5-8(2)11(7)13-10-6-9(10)12(14)15/h3-5,9-10,13H,6H2,1-2H3,(H,14,15). The zero-order valence-electron chi connectivity index (χ0n) is 8.95. The Morgan fingerprint density at radius 1 is 1.40 bits per heavy atom. The van der Waals surface area contributed by atoms with Crippen LogP contribution >= 0.6 is 0 Å². The number of carboxylic acid groups (broad SMARTS) is 1. The fourth-order valence-electron chi connectivity index (χ4n) is 1.85. The Bertz CT molecular complexity index is 380. The van der Waals surface area contributed by atoms with Crippen LogP contribution in [0.25, 0.3) is 0 Å². The van der Waals surface area contributed by atoms with E-state index in [0.717, 1.165) is 12.1 Å². The number of anilines is 1. The molecule has 1 aromatic carbocycles. The van der Waals surface area contributed by atoms with Gasteiger partial charge in [-0.2, -0.15) is 0 Å². The second-order valence-corrected chi connectivity index (χ2v) is 4.20. The average Bonchev–Trinajstić information content (AvgIpc) is 2.91. The summed E-state index contributed by atoms with van der Waals surface area (Å²) in [6.45, 7) is 4.07. The zero-order valence-corrected chi connectivity index (χ0v) is 8.95. The molecule has 1 aliphatic carbocycles. The van der Waals surface area contributed by atoms with E-state index in [1.165, 1.54) is 11.1 Å². The van der Waals surface area contributed by atoms with Crippen molar-refractivity contribution in [3.8, 4) is 0 Å². The van der Waals surface area contributed by atoms with Gasteiger partial charge in [-0.25, -0.2) is 0 Å². The van der Waals surface area contributed by atoms with Crippen molar-refractivity contribution >= 4 is 11.7 Å². The Labute approximate surface area is 89.1 Å². The predicted octanol–water partition coefficient (Wildman–Crippen LogP) is 2.19. The van der Waals surface area contributed by atoms with Crippen LogP contribution in [0.15, 0.2) is 18.2 Å². The molecule has 0 amide bonds. The molecule has 0 saturated heterocycles. The van der Waals surface area contributed by atoms with Gasteiger partial charge in [0.2, 0.25) is 0 Å². The molecule has 0 aromatic heterocycles. The molecule has 2 unspecified atom stereocenters. The molecule has 2 rings (SSSR count). The molecular weight excluding hydrogens is 190 g/mol. The molecule has 1 saturated carbocycles. The topological polar surface area (TPSA) is 49.3 Å². The van der Waals surface area contributed by atoms with Crippen LogP contribution in [0.3, 0.4) is 0 Å². The minimum Gasteiger partial charge on any atom is -0.481 e. The normalized spacial score (nSPS) is 23.6. The SMILES string of the molecule is Cc1cccc(C)c1NC1CC1C(=O)O. The van der Waals surface area contributed by atoms with E-state index in [0.29, 0.717) is 0 Å². The maximum absolute atomic E-state index is 10.7. The minimum absolute atomic E-state index is 0.113. The van der Waals surface area contributed by atoms with E-state index < -0.39 is 5.97 Å². The summed E-state index contributed by atoms with van der Waals surface area (Å²) >= 11 is 0. The third-order valence-electron chi connectivity index (χ3n) is 2.92. The summed E-state index contributed by atoms with van der Waals surface area (Å²) in [4.78, 5) is 10.7. The van der Waals surface area contributed by atoms with Crippen molar-refractivity contribution in [2.75, 3.05) is 5.32 Å². The lowest BCUT2D eigenvalue weighted by Gasteiger charge is -2.11. The van der Waals surface area contributed by atoms with E-state index in [1.807, 2.05) is 32.0 Å². The summed E-state index contributed by atoms with van der Waals surface area (Å²) in [6.07, 6.45) is 0.739. The van der Waals surface area contributed by atoms with Crippen molar-refractivity contribution in [1.29, 1.82) is 0 Å². The molecule has 0 radical (unpaired) electrons. The van der Waals surface area contributed by atoms with E-state index in [2.05, 4.69) is 5.32 Å². The monoisotopic (exact) mass is 205 g/mol. The molecule has 15 heavy (non-hydrogen) atoms. The van der Waals surface area contributed by atoms with Crippen LogP contribution in [0.2, 0.25) is 0 Å². The van der Waals surface area contributed by atoms with E-state index in [9.17, 15) is 4.79 Å². The number of para-hydroxylation sites is 1. The number of benzene rings is 1. The Balaban J connectivity index is 2.10. The molecule has 1 aromatic rings. The first kappa shape index (κ1) is 10.0. The fraction of sp³-hybridized carbons (Fsp3) is 0.417. The van der Waals surface area contributed by atoms with E-state index in [4.69, 9.17) is 5.11 Å². The minimum atomic E-state index is -0.696. The average molecular weight is 205 g/mol. The number of carbonyl (C=O) groups is 1. The molecule has 0 aliphatic heterocycles.